The van der Waals surface area contributed by atoms with E-state index in [2.05, 4.69) is 15.0 Å². The van der Waals surface area contributed by atoms with Crippen molar-refractivity contribution in [3.8, 4) is 0 Å². The molecule has 6 nitrogen and oxygen atoms in total. The van der Waals surface area contributed by atoms with Gasteiger partial charge < -0.3 is 0 Å². The molecule has 0 bridgehead atoms. The molecule has 0 unspecified atom stereocenters. The Kier molecular flexibility index (Phi) is 5.22. The number of aromatic nitrogens is 1. The summed E-state index contributed by atoms with van der Waals surface area (Å²) < 4.78 is 27.4. The van der Waals surface area contributed by atoms with Crippen LogP contribution in [0.5, 0.6) is 0 Å². The first-order chi connectivity index (χ1) is 12.0. The SMILES string of the molecule is O=C(Nc1nccs1)c1cccc(S(=O)(=O)NCc2ccccc2)c1. The summed E-state index contributed by atoms with van der Waals surface area (Å²) in [6.45, 7) is 0.179. The molecule has 1 heterocycles. The maximum absolute atomic E-state index is 12.4. The summed E-state index contributed by atoms with van der Waals surface area (Å²) in [5.74, 6) is -0.407. The second-order valence-corrected chi connectivity index (χ2v) is 7.79. The first kappa shape index (κ1) is 17.3. The molecule has 0 saturated heterocycles. The molecule has 3 aromatic rings. The summed E-state index contributed by atoms with van der Waals surface area (Å²) in [5.41, 5.74) is 1.10. The van der Waals surface area contributed by atoms with Gasteiger partial charge in [-0.2, -0.15) is 0 Å². The fourth-order valence-electron chi connectivity index (χ4n) is 2.12. The second kappa shape index (κ2) is 7.56. The highest BCUT2D eigenvalue weighted by molar-refractivity contribution is 7.89. The summed E-state index contributed by atoms with van der Waals surface area (Å²) >= 11 is 1.29. The molecule has 0 saturated carbocycles. The van der Waals surface area contributed by atoms with E-state index in [0.717, 1.165) is 5.56 Å². The van der Waals surface area contributed by atoms with Gasteiger partial charge in [0.15, 0.2) is 5.13 Å². The van der Waals surface area contributed by atoms with Crippen molar-refractivity contribution in [2.45, 2.75) is 11.4 Å². The van der Waals surface area contributed by atoms with Gasteiger partial charge in [0, 0.05) is 23.7 Å². The fraction of sp³-hybridized carbons (Fsp3) is 0.0588. The number of anilines is 1. The molecule has 1 amide bonds. The van der Waals surface area contributed by atoms with E-state index in [1.807, 2.05) is 30.3 Å². The normalized spacial score (nSPS) is 11.2. The van der Waals surface area contributed by atoms with Crippen LogP contribution in [0.25, 0.3) is 0 Å². The van der Waals surface area contributed by atoms with Gasteiger partial charge in [-0.05, 0) is 23.8 Å². The molecule has 0 aliphatic carbocycles. The summed E-state index contributed by atoms with van der Waals surface area (Å²) in [4.78, 5) is 16.2. The minimum Gasteiger partial charge on any atom is -0.298 e. The first-order valence-electron chi connectivity index (χ1n) is 7.39. The third-order valence-corrected chi connectivity index (χ3v) is 5.46. The molecule has 2 N–H and O–H groups in total. The van der Waals surface area contributed by atoms with Gasteiger partial charge in [-0.25, -0.2) is 18.1 Å². The zero-order chi connectivity index (χ0) is 17.7. The molecule has 25 heavy (non-hydrogen) atoms. The van der Waals surface area contributed by atoms with Gasteiger partial charge in [0.05, 0.1) is 4.90 Å². The van der Waals surface area contributed by atoms with Crippen molar-refractivity contribution in [2.75, 3.05) is 5.32 Å². The molecule has 128 valence electrons. The molecular formula is C17H15N3O3S2. The van der Waals surface area contributed by atoms with Crippen molar-refractivity contribution in [1.29, 1.82) is 0 Å². The molecular weight excluding hydrogens is 358 g/mol. The smallest absolute Gasteiger partial charge is 0.257 e. The van der Waals surface area contributed by atoms with Crippen LogP contribution in [0.1, 0.15) is 15.9 Å². The van der Waals surface area contributed by atoms with E-state index in [0.29, 0.717) is 5.13 Å². The van der Waals surface area contributed by atoms with Crippen molar-refractivity contribution >= 4 is 32.4 Å². The zero-order valence-electron chi connectivity index (χ0n) is 13.0. The second-order valence-electron chi connectivity index (χ2n) is 5.13. The van der Waals surface area contributed by atoms with Gasteiger partial charge in [0.2, 0.25) is 10.0 Å². The third kappa shape index (κ3) is 4.50. The van der Waals surface area contributed by atoms with Crippen LogP contribution in [0, 0.1) is 0 Å². The van der Waals surface area contributed by atoms with Crippen molar-refractivity contribution < 1.29 is 13.2 Å². The first-order valence-corrected chi connectivity index (χ1v) is 9.75. The summed E-state index contributed by atoms with van der Waals surface area (Å²) in [5, 5.41) is 4.83. The molecule has 0 atom stereocenters. The Balaban J connectivity index is 1.74. The average Bonchev–Trinajstić information content (AvgIpc) is 3.14. The minimum atomic E-state index is -3.72. The Bertz CT molecular complexity index is 956. The number of amides is 1. The van der Waals surface area contributed by atoms with Gasteiger partial charge in [-0.3, -0.25) is 10.1 Å². The summed E-state index contributed by atoms with van der Waals surface area (Å²) in [6, 6.07) is 15.1. The highest BCUT2D eigenvalue weighted by Crippen LogP contribution is 2.15. The highest BCUT2D eigenvalue weighted by atomic mass is 32.2. The molecule has 0 radical (unpaired) electrons. The van der Waals surface area contributed by atoms with Gasteiger partial charge >= 0.3 is 0 Å². The number of hydrogen-bond acceptors (Lipinski definition) is 5. The van der Waals surface area contributed by atoms with Crippen LogP contribution in [-0.2, 0) is 16.6 Å². The molecule has 0 spiro atoms. The lowest BCUT2D eigenvalue weighted by Gasteiger charge is -2.08. The van der Waals surface area contributed by atoms with Gasteiger partial charge in [0.25, 0.3) is 5.91 Å². The fourth-order valence-corrected chi connectivity index (χ4v) is 3.70. The van der Waals surface area contributed by atoms with Gasteiger partial charge in [-0.1, -0.05) is 36.4 Å². The van der Waals surface area contributed by atoms with Crippen molar-refractivity contribution in [3.05, 3.63) is 77.3 Å². The van der Waals surface area contributed by atoms with Crippen molar-refractivity contribution in [2.24, 2.45) is 0 Å². The van der Waals surface area contributed by atoms with E-state index in [1.165, 1.54) is 29.5 Å². The van der Waals surface area contributed by atoms with Crippen LogP contribution in [0.2, 0.25) is 0 Å². The number of benzene rings is 2. The molecule has 3 rings (SSSR count). The Labute approximate surface area is 149 Å². The van der Waals surface area contributed by atoms with Crippen LogP contribution in [0.4, 0.5) is 5.13 Å². The minimum absolute atomic E-state index is 0.0372. The lowest BCUT2D eigenvalue weighted by Crippen LogP contribution is -2.23. The van der Waals surface area contributed by atoms with Crippen LogP contribution < -0.4 is 10.0 Å². The predicted molar refractivity (Wildman–Crippen MR) is 97.0 cm³/mol. The molecule has 8 heteroatoms. The topological polar surface area (TPSA) is 88.2 Å². The predicted octanol–water partition coefficient (Wildman–Crippen LogP) is 2.87. The number of hydrogen-bond donors (Lipinski definition) is 2. The third-order valence-electron chi connectivity index (χ3n) is 3.37. The number of sulfonamides is 1. The number of rotatable bonds is 6. The highest BCUT2D eigenvalue weighted by Gasteiger charge is 2.16. The van der Waals surface area contributed by atoms with E-state index in [9.17, 15) is 13.2 Å². The monoisotopic (exact) mass is 373 g/mol. The van der Waals surface area contributed by atoms with E-state index < -0.39 is 15.9 Å². The van der Waals surface area contributed by atoms with Crippen LogP contribution >= 0.6 is 11.3 Å². The van der Waals surface area contributed by atoms with Crippen molar-refractivity contribution in [1.82, 2.24) is 9.71 Å². The quantitative estimate of drug-likeness (QED) is 0.695. The Hall–Kier alpha value is -2.55. The largest absolute Gasteiger partial charge is 0.298 e. The molecule has 1 aromatic heterocycles. The van der Waals surface area contributed by atoms with Crippen molar-refractivity contribution in [3.63, 3.8) is 0 Å². The van der Waals surface area contributed by atoms with Crippen LogP contribution in [-0.4, -0.2) is 19.3 Å². The van der Waals surface area contributed by atoms with Crippen LogP contribution in [0.15, 0.2) is 71.1 Å². The summed E-state index contributed by atoms with van der Waals surface area (Å²) in [6.07, 6.45) is 1.58. The maximum Gasteiger partial charge on any atom is 0.257 e. The van der Waals surface area contributed by atoms with E-state index in [1.54, 1.807) is 17.6 Å². The van der Waals surface area contributed by atoms with Gasteiger partial charge in [0.1, 0.15) is 0 Å². The number of carbonyl (C=O) groups is 1. The maximum atomic E-state index is 12.4. The molecule has 0 aliphatic rings. The van der Waals surface area contributed by atoms with E-state index in [-0.39, 0.29) is 17.0 Å². The lowest BCUT2D eigenvalue weighted by atomic mass is 10.2. The number of nitrogens with one attached hydrogen (secondary N) is 2. The number of carbonyl (C=O) groups excluding carboxylic acids is 1. The molecule has 0 fully saturated rings. The lowest BCUT2D eigenvalue weighted by molar-refractivity contribution is 0.102. The van der Waals surface area contributed by atoms with E-state index >= 15 is 0 Å². The van der Waals surface area contributed by atoms with Crippen LogP contribution in [0.3, 0.4) is 0 Å². The van der Waals surface area contributed by atoms with E-state index in [4.69, 9.17) is 0 Å². The van der Waals surface area contributed by atoms with Gasteiger partial charge in [-0.15, -0.1) is 11.3 Å². The molecule has 2 aromatic carbocycles. The summed E-state index contributed by atoms with van der Waals surface area (Å²) in [7, 11) is -3.72. The number of thiazole rings is 1. The standard InChI is InChI=1S/C17H15N3O3S2/c21-16(20-17-18-9-10-24-17)14-7-4-8-15(11-14)25(22,23)19-12-13-5-2-1-3-6-13/h1-11,19H,12H2,(H,18,20,21). The zero-order valence-corrected chi connectivity index (χ0v) is 14.7. The average molecular weight is 373 g/mol. The Morgan fingerprint density at radius 3 is 2.60 bits per heavy atom. The Morgan fingerprint density at radius 2 is 1.88 bits per heavy atom. The number of nitrogens with zero attached hydrogens (tertiary/aromatic N) is 1. The Morgan fingerprint density at radius 1 is 1.08 bits per heavy atom. The molecule has 0 aliphatic heterocycles.